The predicted molar refractivity (Wildman–Crippen MR) is 165 cm³/mol. The molecular formula is C29H40N8O2S. The molecule has 0 saturated carbocycles. The molecule has 2 fully saturated rings. The summed E-state index contributed by atoms with van der Waals surface area (Å²) in [5.74, 6) is 1.86. The van der Waals surface area contributed by atoms with Crippen LogP contribution in [0.2, 0.25) is 0 Å². The lowest BCUT2D eigenvalue weighted by Gasteiger charge is -2.43. The zero-order chi connectivity index (χ0) is 28.1. The van der Waals surface area contributed by atoms with Gasteiger partial charge in [-0.1, -0.05) is 12.1 Å². The molecule has 40 heavy (non-hydrogen) atoms. The number of para-hydroxylation sites is 2. The zero-order valence-corrected chi connectivity index (χ0v) is 24.6. The summed E-state index contributed by atoms with van der Waals surface area (Å²) in [5.41, 5.74) is 4.37. The Morgan fingerprint density at radius 1 is 0.950 bits per heavy atom. The second-order valence-corrected chi connectivity index (χ2v) is 11.6. The number of nitrogens with one attached hydrogen (secondary N) is 3. The van der Waals surface area contributed by atoms with E-state index in [0.717, 1.165) is 60.2 Å². The van der Waals surface area contributed by atoms with E-state index in [9.17, 15) is 4.55 Å². The number of aromatic nitrogens is 2. The van der Waals surface area contributed by atoms with E-state index in [4.69, 9.17) is 9.72 Å². The molecule has 214 valence electrons. The number of methoxy groups -OCH3 is 1. The summed E-state index contributed by atoms with van der Waals surface area (Å²) in [6.07, 6.45) is 5.91. The molecule has 11 heteroatoms. The van der Waals surface area contributed by atoms with Gasteiger partial charge >= 0.3 is 0 Å². The van der Waals surface area contributed by atoms with E-state index < -0.39 is 11.4 Å². The van der Waals surface area contributed by atoms with Gasteiger partial charge in [-0.2, -0.15) is 4.98 Å². The predicted octanol–water partition coefficient (Wildman–Crippen LogP) is 4.20. The van der Waals surface area contributed by atoms with Gasteiger partial charge in [-0.15, -0.1) is 0 Å². The van der Waals surface area contributed by atoms with E-state index in [1.807, 2.05) is 37.3 Å². The number of ether oxygens (including phenoxy) is 1. The fourth-order valence-electron chi connectivity index (χ4n) is 5.40. The maximum absolute atomic E-state index is 11.7. The summed E-state index contributed by atoms with van der Waals surface area (Å²) in [5, 5.41) is 6.68. The quantitative estimate of drug-likeness (QED) is 0.328. The molecule has 0 amide bonds. The molecule has 0 bridgehead atoms. The fourth-order valence-corrected chi connectivity index (χ4v) is 5.89. The van der Waals surface area contributed by atoms with Gasteiger partial charge in [0.1, 0.15) is 23.5 Å². The van der Waals surface area contributed by atoms with Crippen molar-refractivity contribution < 1.29 is 9.29 Å². The Labute approximate surface area is 240 Å². The molecule has 3 N–H and O–H groups in total. The van der Waals surface area contributed by atoms with Crippen molar-refractivity contribution in [3.63, 3.8) is 0 Å². The largest absolute Gasteiger partial charge is 0.593 e. The first-order valence-electron chi connectivity index (χ1n) is 13.8. The van der Waals surface area contributed by atoms with Crippen LogP contribution in [0.1, 0.15) is 18.4 Å². The highest BCUT2D eigenvalue weighted by molar-refractivity contribution is 7.92. The molecule has 2 aliphatic rings. The Kier molecular flexibility index (Phi) is 9.15. The number of anilines is 6. The van der Waals surface area contributed by atoms with Gasteiger partial charge < -0.3 is 29.7 Å². The molecule has 0 spiro atoms. The number of rotatable bonds is 9. The molecule has 2 aliphatic heterocycles. The lowest BCUT2D eigenvalue weighted by molar-refractivity contribution is 0.115. The van der Waals surface area contributed by atoms with Gasteiger partial charge in [0.25, 0.3) is 0 Å². The first-order chi connectivity index (χ1) is 19.4. The van der Waals surface area contributed by atoms with Crippen molar-refractivity contribution in [3.05, 3.63) is 54.2 Å². The maximum Gasteiger partial charge on any atom is 0.229 e. The summed E-state index contributed by atoms with van der Waals surface area (Å²) in [6.45, 7) is 8.56. The van der Waals surface area contributed by atoms with Gasteiger partial charge in [0.2, 0.25) is 5.95 Å². The van der Waals surface area contributed by atoms with Gasteiger partial charge in [0, 0.05) is 55.7 Å². The van der Waals surface area contributed by atoms with E-state index in [-0.39, 0.29) is 0 Å². The highest BCUT2D eigenvalue weighted by atomic mass is 32.2. The Morgan fingerprint density at radius 2 is 1.68 bits per heavy atom. The number of aryl methyl sites for hydroxylation is 1. The standard InChI is InChI=1S/C29H40N8O2S/c1-21-20-30-29(33-28(21)31-24-7-5-6-8-25(24)34-40(4)38)32-26-10-9-23(19-27(26)39-3)37-17-15-36(16-18-37)22-11-13-35(2)14-12-22/h5-10,19-20,22,34H,11-18H2,1-4H3,(H2,30,31,32,33). The van der Waals surface area contributed by atoms with Crippen LogP contribution < -0.4 is 25.0 Å². The first kappa shape index (κ1) is 28.3. The van der Waals surface area contributed by atoms with Crippen LogP contribution in [-0.2, 0) is 11.4 Å². The minimum Gasteiger partial charge on any atom is -0.593 e. The monoisotopic (exact) mass is 564 g/mol. The van der Waals surface area contributed by atoms with Crippen LogP contribution in [0, 0.1) is 6.92 Å². The summed E-state index contributed by atoms with van der Waals surface area (Å²) in [7, 11) is 3.91. The molecule has 1 unspecified atom stereocenters. The van der Waals surface area contributed by atoms with Crippen molar-refractivity contribution in [1.82, 2.24) is 19.8 Å². The number of benzene rings is 2. The van der Waals surface area contributed by atoms with Gasteiger partial charge in [-0.05, 0) is 64.2 Å². The molecule has 0 radical (unpaired) electrons. The van der Waals surface area contributed by atoms with Crippen LogP contribution in [0.4, 0.5) is 34.5 Å². The Bertz CT molecular complexity index is 1280. The lowest BCUT2D eigenvalue weighted by atomic mass is 10.0. The van der Waals surface area contributed by atoms with Crippen molar-refractivity contribution in [2.45, 2.75) is 25.8 Å². The van der Waals surface area contributed by atoms with Gasteiger partial charge in [0.15, 0.2) is 0 Å². The zero-order valence-electron chi connectivity index (χ0n) is 23.8. The minimum atomic E-state index is -1.19. The molecule has 3 heterocycles. The molecule has 2 aromatic carbocycles. The van der Waals surface area contributed by atoms with Crippen LogP contribution in [0.15, 0.2) is 48.7 Å². The van der Waals surface area contributed by atoms with Gasteiger partial charge in [-0.3, -0.25) is 4.90 Å². The van der Waals surface area contributed by atoms with E-state index in [1.165, 1.54) is 25.9 Å². The first-order valence-corrected chi connectivity index (χ1v) is 15.4. The van der Waals surface area contributed by atoms with Gasteiger partial charge in [0.05, 0.1) is 29.8 Å². The van der Waals surface area contributed by atoms with Crippen molar-refractivity contribution in [2.24, 2.45) is 0 Å². The number of hydrogen-bond acceptors (Lipinski definition) is 10. The third-order valence-corrected chi connectivity index (χ3v) is 8.23. The molecule has 5 rings (SSSR count). The van der Waals surface area contributed by atoms with Gasteiger partial charge in [-0.25, -0.2) is 9.71 Å². The Balaban J connectivity index is 1.25. The number of piperidine rings is 1. The normalized spacial score (nSPS) is 17.9. The number of hydrogen-bond donors (Lipinski definition) is 3. The average Bonchev–Trinajstić information content (AvgIpc) is 2.96. The van der Waals surface area contributed by atoms with Crippen molar-refractivity contribution >= 4 is 45.9 Å². The summed E-state index contributed by atoms with van der Waals surface area (Å²) in [6, 6.07) is 14.6. The van der Waals surface area contributed by atoms with Crippen LogP contribution in [0.25, 0.3) is 0 Å². The second-order valence-electron chi connectivity index (χ2n) is 10.5. The Morgan fingerprint density at radius 3 is 2.38 bits per heavy atom. The number of likely N-dealkylation sites (tertiary alicyclic amines) is 1. The number of piperazine rings is 1. The molecule has 10 nitrogen and oxygen atoms in total. The van der Waals surface area contributed by atoms with Crippen LogP contribution in [0.5, 0.6) is 5.75 Å². The average molecular weight is 565 g/mol. The second kappa shape index (κ2) is 12.9. The van der Waals surface area contributed by atoms with E-state index in [2.05, 4.69) is 54.2 Å². The van der Waals surface area contributed by atoms with Crippen LogP contribution in [-0.4, -0.2) is 90.0 Å². The van der Waals surface area contributed by atoms with E-state index in [1.54, 1.807) is 19.6 Å². The molecule has 1 atom stereocenters. The third kappa shape index (κ3) is 6.90. The van der Waals surface area contributed by atoms with Crippen molar-refractivity contribution in [1.29, 1.82) is 0 Å². The lowest BCUT2D eigenvalue weighted by Crippen LogP contribution is -2.53. The van der Waals surface area contributed by atoms with Crippen molar-refractivity contribution in [2.75, 3.05) is 79.9 Å². The SMILES string of the molecule is COc1cc(N2CCN(C3CCN(C)CC3)CC2)ccc1Nc1ncc(C)c(Nc2ccccc2N[S+](C)[O-])n1. The summed E-state index contributed by atoms with van der Waals surface area (Å²) < 4.78 is 20.5. The molecule has 2 saturated heterocycles. The van der Waals surface area contributed by atoms with E-state index in [0.29, 0.717) is 17.8 Å². The fraction of sp³-hybridized carbons (Fsp3) is 0.448. The van der Waals surface area contributed by atoms with Crippen LogP contribution >= 0.6 is 0 Å². The summed E-state index contributed by atoms with van der Waals surface area (Å²) >= 11 is -1.19. The molecule has 1 aromatic heterocycles. The Hall–Kier alpha value is -3.25. The topological polar surface area (TPSA) is 104 Å². The minimum absolute atomic E-state index is 0.454. The highest BCUT2D eigenvalue weighted by Crippen LogP contribution is 2.33. The number of nitrogens with zero attached hydrogens (tertiary/aromatic N) is 5. The molecule has 3 aromatic rings. The highest BCUT2D eigenvalue weighted by Gasteiger charge is 2.27. The molecule has 0 aliphatic carbocycles. The van der Waals surface area contributed by atoms with Crippen LogP contribution in [0.3, 0.4) is 0 Å². The molecular weight excluding hydrogens is 524 g/mol. The maximum atomic E-state index is 11.7. The van der Waals surface area contributed by atoms with E-state index >= 15 is 0 Å². The van der Waals surface area contributed by atoms with Crippen molar-refractivity contribution in [3.8, 4) is 5.75 Å². The third-order valence-electron chi connectivity index (χ3n) is 7.72. The smallest absolute Gasteiger partial charge is 0.229 e. The summed E-state index contributed by atoms with van der Waals surface area (Å²) in [4.78, 5) is 16.8.